The standard InChI is InChI=1S/C27H30N2O5/c30-20-9-8-18-14-21-27(32)11-10-19(28-25(31)17-4-2-1-3-5-17)24-26(27,22(18)23(20)34-24)12-13-29(21,33)15-16-6-7-16/h1-5,8-9,16,19,21,24,30,32H,6-7,10-15H2,(H,28,31)/t19-,21-,24+,26+,27-,29?/m1/s1. The van der Waals surface area contributed by atoms with Gasteiger partial charge in [0.1, 0.15) is 17.7 Å². The number of ether oxygens (including phenoxy) is 1. The molecule has 0 aromatic heterocycles. The number of carbonyl (C=O) groups excluding carboxylic acids is 1. The fourth-order valence-electron chi connectivity index (χ4n) is 7.75. The number of hydroxylamine groups is 3. The lowest BCUT2D eigenvalue weighted by Crippen LogP contribution is -2.81. The number of phenolic OH excluding ortho intramolecular Hbond substituents is 1. The number of phenols is 1. The van der Waals surface area contributed by atoms with Crippen LogP contribution in [0.2, 0.25) is 0 Å². The molecule has 5 aliphatic rings. The molecular weight excluding hydrogens is 432 g/mol. The van der Waals surface area contributed by atoms with E-state index in [0.717, 1.165) is 24.0 Å². The lowest BCUT2D eigenvalue weighted by atomic mass is 9.48. The van der Waals surface area contributed by atoms with Gasteiger partial charge in [-0.2, -0.15) is 0 Å². The minimum Gasteiger partial charge on any atom is -0.632 e. The Morgan fingerprint density at radius 2 is 1.94 bits per heavy atom. The van der Waals surface area contributed by atoms with Gasteiger partial charge in [-0.15, -0.1) is 0 Å². The highest BCUT2D eigenvalue weighted by molar-refractivity contribution is 5.94. The summed E-state index contributed by atoms with van der Waals surface area (Å²) < 4.78 is 6.11. The van der Waals surface area contributed by atoms with E-state index in [9.17, 15) is 20.2 Å². The number of aromatic hydroxyl groups is 1. The molecule has 1 amide bonds. The topological polar surface area (TPSA) is 102 Å². The third-order valence-corrected chi connectivity index (χ3v) is 9.41. The van der Waals surface area contributed by atoms with Crippen LogP contribution in [0.4, 0.5) is 0 Å². The number of rotatable bonds is 4. The molecule has 3 fully saturated rings. The molecule has 1 spiro atoms. The maximum absolute atomic E-state index is 14.2. The molecule has 6 atom stereocenters. The third kappa shape index (κ3) is 2.55. The second-order valence-electron chi connectivity index (χ2n) is 11.1. The number of carbonyl (C=O) groups is 1. The summed E-state index contributed by atoms with van der Waals surface area (Å²) in [5.74, 6) is 0.766. The number of hydrogen-bond donors (Lipinski definition) is 3. The first-order valence-electron chi connectivity index (χ1n) is 12.5. The molecule has 178 valence electrons. The number of nitrogens with one attached hydrogen (secondary N) is 1. The van der Waals surface area contributed by atoms with Crippen molar-refractivity contribution in [1.82, 2.24) is 5.32 Å². The maximum atomic E-state index is 14.2. The van der Waals surface area contributed by atoms with E-state index in [-0.39, 0.29) is 22.3 Å². The molecule has 2 heterocycles. The van der Waals surface area contributed by atoms with Crippen molar-refractivity contribution in [3.8, 4) is 11.5 Å². The number of piperidine rings is 1. The Hall–Kier alpha value is -2.61. The fraction of sp³-hybridized carbons (Fsp3) is 0.519. The summed E-state index contributed by atoms with van der Waals surface area (Å²) in [6.45, 7) is 1.00. The fourth-order valence-corrected chi connectivity index (χ4v) is 7.75. The van der Waals surface area contributed by atoms with E-state index in [2.05, 4.69) is 5.32 Å². The zero-order chi connectivity index (χ0) is 23.3. The van der Waals surface area contributed by atoms with E-state index in [1.807, 2.05) is 24.3 Å². The molecule has 0 radical (unpaired) electrons. The molecule has 1 saturated heterocycles. The Kier molecular flexibility index (Phi) is 4.11. The Bertz CT molecular complexity index is 1180. The van der Waals surface area contributed by atoms with Crippen molar-refractivity contribution >= 4 is 5.91 Å². The van der Waals surface area contributed by atoms with Gasteiger partial charge < -0.3 is 30.1 Å². The van der Waals surface area contributed by atoms with Crippen molar-refractivity contribution in [1.29, 1.82) is 0 Å². The Labute approximate surface area is 198 Å². The van der Waals surface area contributed by atoms with Crippen molar-refractivity contribution in [3.63, 3.8) is 0 Å². The van der Waals surface area contributed by atoms with E-state index < -0.39 is 23.2 Å². The molecule has 2 bridgehead atoms. The van der Waals surface area contributed by atoms with Crippen LogP contribution >= 0.6 is 0 Å². The van der Waals surface area contributed by atoms with Gasteiger partial charge in [-0.05, 0) is 49.4 Å². The summed E-state index contributed by atoms with van der Waals surface area (Å²) in [5, 5.41) is 40.6. The molecule has 34 heavy (non-hydrogen) atoms. The summed E-state index contributed by atoms with van der Waals surface area (Å²) >= 11 is 0. The van der Waals surface area contributed by atoms with Gasteiger partial charge in [0.2, 0.25) is 0 Å². The molecule has 7 heteroatoms. The van der Waals surface area contributed by atoms with Crippen LogP contribution in [0.1, 0.15) is 53.6 Å². The highest BCUT2D eigenvalue weighted by Crippen LogP contribution is 2.66. The van der Waals surface area contributed by atoms with E-state index in [0.29, 0.717) is 56.0 Å². The zero-order valence-corrected chi connectivity index (χ0v) is 19.1. The van der Waals surface area contributed by atoms with Crippen molar-refractivity contribution < 1.29 is 24.4 Å². The van der Waals surface area contributed by atoms with Gasteiger partial charge in [-0.3, -0.25) is 4.79 Å². The average molecular weight is 463 g/mol. The summed E-state index contributed by atoms with van der Waals surface area (Å²) in [5.41, 5.74) is 0.403. The van der Waals surface area contributed by atoms with E-state index >= 15 is 0 Å². The van der Waals surface area contributed by atoms with Gasteiger partial charge in [0, 0.05) is 29.9 Å². The van der Waals surface area contributed by atoms with Crippen molar-refractivity contribution in [2.24, 2.45) is 5.92 Å². The maximum Gasteiger partial charge on any atom is 0.251 e. The van der Waals surface area contributed by atoms with Crippen LogP contribution in [0.25, 0.3) is 0 Å². The number of benzene rings is 2. The Balaban J connectivity index is 1.33. The van der Waals surface area contributed by atoms with Gasteiger partial charge in [-0.1, -0.05) is 24.3 Å². The average Bonchev–Trinajstić information content (AvgIpc) is 3.56. The highest BCUT2D eigenvalue weighted by atomic mass is 16.6. The van der Waals surface area contributed by atoms with Gasteiger partial charge >= 0.3 is 0 Å². The largest absolute Gasteiger partial charge is 0.632 e. The monoisotopic (exact) mass is 462 g/mol. The molecule has 2 aromatic rings. The molecule has 2 aliphatic heterocycles. The first kappa shape index (κ1) is 20.7. The second-order valence-corrected chi connectivity index (χ2v) is 11.1. The zero-order valence-electron chi connectivity index (χ0n) is 19.1. The number of amides is 1. The van der Waals surface area contributed by atoms with E-state index in [4.69, 9.17) is 4.74 Å². The van der Waals surface area contributed by atoms with Gasteiger partial charge in [0.05, 0.1) is 24.5 Å². The predicted molar refractivity (Wildman–Crippen MR) is 124 cm³/mol. The van der Waals surface area contributed by atoms with Crippen molar-refractivity contribution in [3.05, 3.63) is 64.4 Å². The number of aliphatic hydroxyl groups is 1. The summed E-state index contributed by atoms with van der Waals surface area (Å²) in [6, 6.07) is 11.8. The van der Waals surface area contributed by atoms with Crippen LogP contribution < -0.4 is 10.1 Å². The van der Waals surface area contributed by atoms with Crippen LogP contribution in [-0.4, -0.2) is 57.6 Å². The number of hydrogen-bond acceptors (Lipinski definition) is 5. The van der Waals surface area contributed by atoms with Crippen LogP contribution in [0.5, 0.6) is 11.5 Å². The molecule has 2 aromatic carbocycles. The van der Waals surface area contributed by atoms with Gasteiger partial charge in [0.15, 0.2) is 11.5 Å². The van der Waals surface area contributed by atoms with Gasteiger partial charge in [0.25, 0.3) is 5.91 Å². The lowest BCUT2D eigenvalue weighted by Gasteiger charge is -2.68. The number of nitrogens with zero attached hydrogens (tertiary/aromatic N) is 1. The predicted octanol–water partition coefficient (Wildman–Crippen LogP) is 2.77. The van der Waals surface area contributed by atoms with Crippen molar-refractivity contribution in [2.75, 3.05) is 13.1 Å². The summed E-state index contributed by atoms with van der Waals surface area (Å²) in [7, 11) is 0. The van der Waals surface area contributed by atoms with Crippen LogP contribution in [-0.2, 0) is 11.8 Å². The van der Waals surface area contributed by atoms with Crippen LogP contribution in [0.3, 0.4) is 0 Å². The Morgan fingerprint density at radius 3 is 2.71 bits per heavy atom. The van der Waals surface area contributed by atoms with Crippen molar-refractivity contribution in [2.45, 2.75) is 67.7 Å². The first-order valence-corrected chi connectivity index (χ1v) is 12.5. The molecule has 2 saturated carbocycles. The van der Waals surface area contributed by atoms with Crippen LogP contribution in [0, 0.1) is 11.1 Å². The molecule has 3 aliphatic carbocycles. The third-order valence-electron chi connectivity index (χ3n) is 9.41. The minimum atomic E-state index is -1.23. The quantitative estimate of drug-likeness (QED) is 0.479. The highest BCUT2D eigenvalue weighted by Gasteiger charge is 2.76. The number of likely N-dealkylation sites (tertiary alicyclic amines) is 1. The lowest BCUT2D eigenvalue weighted by molar-refractivity contribution is -0.924. The minimum absolute atomic E-state index is 0.0582. The SMILES string of the molecule is O=C(N[C@@H]1CC[C@@]2(O)[C@H]3Cc4ccc(O)c5c4[C@@]2(CC[N+]3([O-])CC2CC2)[C@H]1O5)c1ccccc1. The van der Waals surface area contributed by atoms with Crippen LogP contribution in [0.15, 0.2) is 42.5 Å². The summed E-state index contributed by atoms with van der Waals surface area (Å²) in [4.78, 5) is 13.1. The summed E-state index contributed by atoms with van der Waals surface area (Å²) in [6.07, 6.45) is 3.61. The van der Waals surface area contributed by atoms with E-state index in [1.165, 1.54) is 0 Å². The molecule has 1 unspecified atom stereocenters. The molecule has 7 rings (SSSR count). The second kappa shape index (κ2) is 6.74. The molecular formula is C27H30N2O5. The van der Waals surface area contributed by atoms with E-state index in [1.54, 1.807) is 18.2 Å². The number of quaternary nitrogens is 1. The van der Waals surface area contributed by atoms with Gasteiger partial charge in [-0.25, -0.2) is 0 Å². The first-order chi connectivity index (χ1) is 16.4. The Morgan fingerprint density at radius 1 is 1.15 bits per heavy atom. The molecule has 3 N–H and O–H groups in total. The normalized spacial score (nSPS) is 39.2. The smallest absolute Gasteiger partial charge is 0.251 e. The molecule has 7 nitrogen and oxygen atoms in total.